The molecule has 1 amide bonds. The molecule has 0 radical (unpaired) electrons. The van der Waals surface area contributed by atoms with Gasteiger partial charge in [-0.1, -0.05) is 60.7 Å². The van der Waals surface area contributed by atoms with Crippen LogP contribution in [0.25, 0.3) is 11.4 Å². The minimum atomic E-state index is -0.183. The largest absolute Gasteiger partial charge is 0.365 e. The van der Waals surface area contributed by atoms with Crippen LogP contribution in [0.3, 0.4) is 0 Å². The number of amides is 1. The number of carbonyl (C=O) groups is 1. The molecule has 0 spiro atoms. The summed E-state index contributed by atoms with van der Waals surface area (Å²) in [6.07, 6.45) is 0. The third-order valence-corrected chi connectivity index (χ3v) is 4.37. The Morgan fingerprint density at radius 2 is 1.59 bits per heavy atom. The van der Waals surface area contributed by atoms with Crippen molar-refractivity contribution in [2.45, 2.75) is 39.8 Å². The SMILES string of the molecule is CCN(Cc1ccccc1)C(=O)c1cc(NC(C)(C)C)nc(-c2ccccc2)n1. The molecule has 5 heteroatoms. The monoisotopic (exact) mass is 388 g/mol. The number of hydrogen-bond acceptors (Lipinski definition) is 4. The van der Waals surface area contributed by atoms with Gasteiger partial charge < -0.3 is 10.2 Å². The van der Waals surface area contributed by atoms with E-state index in [0.29, 0.717) is 30.4 Å². The second-order valence-corrected chi connectivity index (χ2v) is 8.01. The Hall–Kier alpha value is -3.21. The van der Waals surface area contributed by atoms with Crippen LogP contribution in [-0.2, 0) is 6.54 Å². The lowest BCUT2D eigenvalue weighted by Gasteiger charge is -2.24. The smallest absolute Gasteiger partial charge is 0.272 e. The highest BCUT2D eigenvalue weighted by Crippen LogP contribution is 2.21. The zero-order chi connectivity index (χ0) is 20.9. The van der Waals surface area contributed by atoms with E-state index in [9.17, 15) is 4.79 Å². The summed E-state index contributed by atoms with van der Waals surface area (Å²) in [4.78, 5) is 24.3. The van der Waals surface area contributed by atoms with Crippen molar-refractivity contribution in [1.29, 1.82) is 0 Å². The van der Waals surface area contributed by atoms with Crippen molar-refractivity contribution < 1.29 is 4.79 Å². The Kier molecular flexibility index (Phi) is 6.27. The molecular weight excluding hydrogens is 360 g/mol. The third-order valence-electron chi connectivity index (χ3n) is 4.37. The number of aromatic nitrogens is 2. The van der Waals surface area contributed by atoms with Crippen LogP contribution in [0.5, 0.6) is 0 Å². The summed E-state index contributed by atoms with van der Waals surface area (Å²) in [5, 5.41) is 3.37. The maximum Gasteiger partial charge on any atom is 0.272 e. The molecule has 0 aliphatic rings. The van der Waals surface area contributed by atoms with Crippen molar-refractivity contribution in [1.82, 2.24) is 14.9 Å². The van der Waals surface area contributed by atoms with E-state index in [1.54, 1.807) is 11.0 Å². The Labute approximate surface area is 172 Å². The maximum absolute atomic E-state index is 13.3. The van der Waals surface area contributed by atoms with Crippen LogP contribution in [0.15, 0.2) is 66.7 Å². The van der Waals surface area contributed by atoms with Crippen LogP contribution < -0.4 is 5.32 Å². The van der Waals surface area contributed by atoms with Gasteiger partial charge in [-0.25, -0.2) is 9.97 Å². The van der Waals surface area contributed by atoms with E-state index in [0.717, 1.165) is 11.1 Å². The summed E-state index contributed by atoms with van der Waals surface area (Å²) < 4.78 is 0. The predicted molar refractivity (Wildman–Crippen MR) is 118 cm³/mol. The topological polar surface area (TPSA) is 58.1 Å². The number of benzene rings is 2. The molecule has 150 valence electrons. The van der Waals surface area contributed by atoms with Crippen molar-refractivity contribution >= 4 is 11.7 Å². The molecule has 0 saturated heterocycles. The van der Waals surface area contributed by atoms with Gasteiger partial charge in [0.25, 0.3) is 5.91 Å². The van der Waals surface area contributed by atoms with Crippen LogP contribution in [0.2, 0.25) is 0 Å². The first-order chi connectivity index (χ1) is 13.9. The second-order valence-electron chi connectivity index (χ2n) is 8.01. The van der Waals surface area contributed by atoms with Crippen molar-refractivity contribution in [3.8, 4) is 11.4 Å². The molecule has 1 heterocycles. The molecule has 5 nitrogen and oxygen atoms in total. The molecule has 1 aromatic heterocycles. The van der Waals surface area contributed by atoms with Crippen LogP contribution in [-0.4, -0.2) is 32.9 Å². The van der Waals surface area contributed by atoms with Crippen molar-refractivity contribution in [3.05, 3.63) is 78.0 Å². The number of nitrogens with one attached hydrogen (secondary N) is 1. The highest BCUT2D eigenvalue weighted by Gasteiger charge is 2.20. The van der Waals surface area contributed by atoms with Gasteiger partial charge in [0.1, 0.15) is 11.5 Å². The molecule has 0 atom stereocenters. The van der Waals surface area contributed by atoms with Gasteiger partial charge in [-0.2, -0.15) is 0 Å². The summed E-state index contributed by atoms with van der Waals surface area (Å²) in [6, 6.07) is 21.5. The predicted octanol–water partition coefficient (Wildman–Crippen LogP) is 5.02. The van der Waals surface area contributed by atoms with Crippen molar-refractivity contribution in [2.75, 3.05) is 11.9 Å². The number of rotatable bonds is 6. The van der Waals surface area contributed by atoms with Crippen LogP contribution >= 0.6 is 0 Å². The van der Waals surface area contributed by atoms with E-state index < -0.39 is 0 Å². The fraction of sp³-hybridized carbons (Fsp3) is 0.292. The minimum absolute atomic E-state index is 0.104. The Morgan fingerprint density at radius 1 is 0.966 bits per heavy atom. The molecule has 0 bridgehead atoms. The summed E-state index contributed by atoms with van der Waals surface area (Å²) >= 11 is 0. The Bertz CT molecular complexity index is 950. The molecule has 2 aromatic carbocycles. The quantitative estimate of drug-likeness (QED) is 0.644. The molecule has 0 unspecified atom stereocenters. The first-order valence-electron chi connectivity index (χ1n) is 9.91. The molecule has 0 saturated carbocycles. The number of hydrogen-bond donors (Lipinski definition) is 1. The summed E-state index contributed by atoms with van der Waals surface area (Å²) in [6.45, 7) is 9.31. The lowest BCUT2D eigenvalue weighted by atomic mass is 10.1. The molecule has 3 aromatic rings. The Morgan fingerprint density at radius 3 is 2.17 bits per heavy atom. The number of nitrogens with zero attached hydrogens (tertiary/aromatic N) is 3. The van der Waals surface area contributed by atoms with Crippen LogP contribution in [0.1, 0.15) is 43.7 Å². The molecule has 3 rings (SSSR count). The van der Waals surface area contributed by atoms with Crippen molar-refractivity contribution in [2.24, 2.45) is 0 Å². The second kappa shape index (κ2) is 8.86. The third kappa shape index (κ3) is 5.64. The highest BCUT2D eigenvalue weighted by molar-refractivity contribution is 5.93. The summed E-state index contributed by atoms with van der Waals surface area (Å²) in [5.74, 6) is 1.08. The van der Waals surface area contributed by atoms with Gasteiger partial charge in [0.15, 0.2) is 5.82 Å². The minimum Gasteiger partial charge on any atom is -0.365 e. The molecule has 0 aliphatic carbocycles. The van der Waals surface area contributed by atoms with E-state index in [1.807, 2.05) is 67.6 Å². The number of anilines is 1. The van der Waals surface area contributed by atoms with Gasteiger partial charge in [0.2, 0.25) is 0 Å². The van der Waals surface area contributed by atoms with Gasteiger partial charge in [-0.3, -0.25) is 4.79 Å². The van der Waals surface area contributed by atoms with Gasteiger partial charge in [0.05, 0.1) is 0 Å². The summed E-state index contributed by atoms with van der Waals surface area (Å²) in [5.41, 5.74) is 2.18. The Balaban J connectivity index is 1.97. The molecular formula is C24H28N4O. The average molecular weight is 389 g/mol. The molecule has 29 heavy (non-hydrogen) atoms. The fourth-order valence-corrected chi connectivity index (χ4v) is 3.01. The van der Waals surface area contributed by atoms with E-state index in [-0.39, 0.29) is 11.4 Å². The lowest BCUT2D eigenvalue weighted by Crippen LogP contribution is -2.32. The maximum atomic E-state index is 13.3. The van der Waals surface area contributed by atoms with E-state index in [1.165, 1.54) is 0 Å². The zero-order valence-electron chi connectivity index (χ0n) is 17.5. The summed E-state index contributed by atoms with van der Waals surface area (Å²) in [7, 11) is 0. The molecule has 1 N–H and O–H groups in total. The van der Waals surface area contributed by atoms with Gasteiger partial charge >= 0.3 is 0 Å². The van der Waals surface area contributed by atoms with E-state index >= 15 is 0 Å². The molecule has 0 aliphatic heterocycles. The lowest BCUT2D eigenvalue weighted by molar-refractivity contribution is 0.0746. The molecule has 0 fully saturated rings. The van der Waals surface area contributed by atoms with Crippen LogP contribution in [0.4, 0.5) is 5.82 Å². The van der Waals surface area contributed by atoms with Gasteiger partial charge in [0, 0.05) is 30.3 Å². The standard InChI is InChI=1S/C24H28N4O/c1-5-28(17-18-12-8-6-9-13-18)23(29)20-16-21(27-24(2,3)4)26-22(25-20)19-14-10-7-11-15-19/h6-16H,5,17H2,1-4H3,(H,25,26,27). The van der Waals surface area contributed by atoms with Crippen molar-refractivity contribution in [3.63, 3.8) is 0 Å². The number of carbonyl (C=O) groups excluding carboxylic acids is 1. The average Bonchev–Trinajstić information content (AvgIpc) is 2.71. The first-order valence-corrected chi connectivity index (χ1v) is 9.91. The van der Waals surface area contributed by atoms with Gasteiger partial charge in [-0.05, 0) is 33.3 Å². The zero-order valence-corrected chi connectivity index (χ0v) is 17.5. The van der Waals surface area contributed by atoms with E-state index in [2.05, 4.69) is 36.1 Å². The fourth-order valence-electron chi connectivity index (χ4n) is 3.01. The van der Waals surface area contributed by atoms with Gasteiger partial charge in [-0.15, -0.1) is 0 Å². The first kappa shape index (κ1) is 20.5. The highest BCUT2D eigenvalue weighted by atomic mass is 16.2. The van der Waals surface area contributed by atoms with E-state index in [4.69, 9.17) is 0 Å². The van der Waals surface area contributed by atoms with Crippen LogP contribution in [0, 0.1) is 0 Å². The normalized spacial score (nSPS) is 11.2.